The standard InChI is InChI=1S/C28H38FN3O/c1-17-10-12-27(2)18(14-17)4-6-20-21-7-8-23(28(21,3)13-11-22(20)27)26(33)16-32-30-24-9-5-19(29)15-25(24)31-32/h5,9,15,17-18,20-23H,4,6-8,10-14,16H2,1-3H3/t17-,18?,20?,21?,22?,23+,27-,28-/m0/s1. The van der Waals surface area contributed by atoms with Gasteiger partial charge in [0.05, 0.1) is 0 Å². The van der Waals surface area contributed by atoms with Gasteiger partial charge in [-0.05, 0) is 104 Å². The predicted octanol–water partition coefficient (Wildman–Crippen LogP) is 6.43. The van der Waals surface area contributed by atoms with Gasteiger partial charge >= 0.3 is 0 Å². The van der Waals surface area contributed by atoms with Gasteiger partial charge in [0.25, 0.3) is 0 Å². The minimum absolute atomic E-state index is 0.103. The van der Waals surface area contributed by atoms with Crippen LogP contribution < -0.4 is 0 Å². The van der Waals surface area contributed by atoms with Gasteiger partial charge in [-0.3, -0.25) is 4.79 Å². The summed E-state index contributed by atoms with van der Waals surface area (Å²) in [5, 5.41) is 8.82. The molecule has 5 heteroatoms. The van der Waals surface area contributed by atoms with Crippen molar-refractivity contribution in [2.45, 2.75) is 85.1 Å². The molecule has 6 rings (SSSR count). The normalized spacial score (nSPS) is 42.5. The molecule has 4 aliphatic carbocycles. The van der Waals surface area contributed by atoms with Crippen molar-refractivity contribution >= 4 is 16.8 Å². The summed E-state index contributed by atoms with van der Waals surface area (Å²) in [5.74, 6) is 4.19. The van der Waals surface area contributed by atoms with Crippen molar-refractivity contribution in [3.05, 3.63) is 24.0 Å². The SMILES string of the molecule is C[C@H]1CC[C@@]2(C)C(CCC3C2CC[C@@]2(C)C3CC[C@@H]2C(=O)Cn2nc3ccc(F)cc3n2)C1. The Morgan fingerprint density at radius 1 is 1.00 bits per heavy atom. The highest BCUT2D eigenvalue weighted by Crippen LogP contribution is 2.67. The van der Waals surface area contributed by atoms with Gasteiger partial charge in [0.15, 0.2) is 5.78 Å². The summed E-state index contributed by atoms with van der Waals surface area (Å²) < 4.78 is 13.5. The van der Waals surface area contributed by atoms with Crippen molar-refractivity contribution in [2.75, 3.05) is 0 Å². The van der Waals surface area contributed by atoms with Crippen LogP contribution in [0.3, 0.4) is 0 Å². The molecule has 0 N–H and O–H groups in total. The van der Waals surface area contributed by atoms with Gasteiger partial charge in [-0.15, -0.1) is 0 Å². The molecule has 2 aromatic rings. The largest absolute Gasteiger partial charge is 0.297 e. The van der Waals surface area contributed by atoms with E-state index in [1.54, 1.807) is 6.07 Å². The number of carbonyl (C=O) groups is 1. The number of benzene rings is 1. The van der Waals surface area contributed by atoms with Crippen LogP contribution in [0, 0.1) is 52.2 Å². The lowest BCUT2D eigenvalue weighted by atomic mass is 9.44. The fraction of sp³-hybridized carbons (Fsp3) is 0.750. The van der Waals surface area contributed by atoms with Crippen molar-refractivity contribution in [1.29, 1.82) is 0 Å². The molecule has 33 heavy (non-hydrogen) atoms. The predicted molar refractivity (Wildman–Crippen MR) is 127 cm³/mol. The lowest BCUT2D eigenvalue weighted by Gasteiger charge is -2.61. The second-order valence-electron chi connectivity index (χ2n) is 12.5. The zero-order valence-electron chi connectivity index (χ0n) is 20.4. The molecule has 4 fully saturated rings. The quantitative estimate of drug-likeness (QED) is 0.540. The van der Waals surface area contributed by atoms with E-state index in [0.717, 1.165) is 30.1 Å². The first-order valence-corrected chi connectivity index (χ1v) is 13.3. The summed E-state index contributed by atoms with van der Waals surface area (Å²) in [6, 6.07) is 4.42. The average Bonchev–Trinajstić information content (AvgIpc) is 3.33. The van der Waals surface area contributed by atoms with Crippen LogP contribution in [0.25, 0.3) is 11.0 Å². The molecule has 0 bridgehead atoms. The molecule has 1 heterocycles. The van der Waals surface area contributed by atoms with E-state index in [1.165, 1.54) is 68.3 Å². The van der Waals surface area contributed by atoms with Gasteiger partial charge < -0.3 is 0 Å². The molecular formula is C28H38FN3O. The third kappa shape index (κ3) is 3.31. The Bertz CT molecular complexity index is 1080. The molecule has 4 nitrogen and oxygen atoms in total. The molecule has 0 spiro atoms. The number of fused-ring (bicyclic) bond motifs is 6. The Morgan fingerprint density at radius 3 is 2.61 bits per heavy atom. The third-order valence-electron chi connectivity index (χ3n) is 11.0. The van der Waals surface area contributed by atoms with Crippen molar-refractivity contribution < 1.29 is 9.18 Å². The smallest absolute Gasteiger partial charge is 0.159 e. The lowest BCUT2D eigenvalue weighted by molar-refractivity contribution is -0.137. The monoisotopic (exact) mass is 451 g/mol. The molecule has 1 aromatic heterocycles. The van der Waals surface area contributed by atoms with Gasteiger partial charge in [-0.2, -0.15) is 15.0 Å². The topological polar surface area (TPSA) is 47.8 Å². The first-order chi connectivity index (χ1) is 15.8. The molecular weight excluding hydrogens is 413 g/mol. The van der Waals surface area contributed by atoms with Crippen LogP contribution in [0.4, 0.5) is 4.39 Å². The van der Waals surface area contributed by atoms with Crippen molar-refractivity contribution in [1.82, 2.24) is 15.0 Å². The van der Waals surface area contributed by atoms with Crippen molar-refractivity contribution in [3.63, 3.8) is 0 Å². The molecule has 4 unspecified atom stereocenters. The molecule has 4 saturated carbocycles. The van der Waals surface area contributed by atoms with Crippen molar-refractivity contribution in [2.24, 2.45) is 46.3 Å². The second-order valence-corrected chi connectivity index (χ2v) is 12.5. The molecule has 0 amide bonds. The van der Waals surface area contributed by atoms with Crippen molar-refractivity contribution in [3.8, 4) is 0 Å². The molecule has 4 aliphatic rings. The van der Waals surface area contributed by atoms with Gasteiger partial charge in [0.2, 0.25) is 0 Å². The molecule has 0 radical (unpaired) electrons. The highest BCUT2D eigenvalue weighted by Gasteiger charge is 2.60. The Labute approximate surface area is 196 Å². The summed E-state index contributed by atoms with van der Waals surface area (Å²) in [7, 11) is 0. The maximum atomic E-state index is 13.5. The summed E-state index contributed by atoms with van der Waals surface area (Å²) in [5.41, 5.74) is 1.80. The summed E-state index contributed by atoms with van der Waals surface area (Å²) >= 11 is 0. The number of hydrogen-bond donors (Lipinski definition) is 0. The van der Waals surface area contributed by atoms with E-state index >= 15 is 0 Å². The van der Waals surface area contributed by atoms with Crippen LogP contribution in [0.1, 0.15) is 78.6 Å². The number of aromatic nitrogens is 3. The van der Waals surface area contributed by atoms with Crippen LogP contribution in [-0.2, 0) is 11.3 Å². The Balaban J connectivity index is 1.21. The van der Waals surface area contributed by atoms with E-state index < -0.39 is 0 Å². The van der Waals surface area contributed by atoms with Crippen LogP contribution in [0.5, 0.6) is 0 Å². The highest BCUT2D eigenvalue weighted by atomic mass is 19.1. The summed E-state index contributed by atoms with van der Waals surface area (Å²) in [6.07, 6.45) is 11.7. The number of ketones is 1. The maximum Gasteiger partial charge on any atom is 0.159 e. The fourth-order valence-electron chi connectivity index (χ4n) is 9.25. The van der Waals surface area contributed by atoms with Crippen LogP contribution in [0.2, 0.25) is 0 Å². The Kier molecular flexibility index (Phi) is 5.01. The number of nitrogens with zero attached hydrogens (tertiary/aromatic N) is 3. The average molecular weight is 452 g/mol. The maximum absolute atomic E-state index is 13.5. The first kappa shape index (κ1) is 21.7. The summed E-state index contributed by atoms with van der Waals surface area (Å²) in [6.45, 7) is 7.69. The number of hydrogen-bond acceptors (Lipinski definition) is 3. The van der Waals surface area contributed by atoms with E-state index in [0.29, 0.717) is 22.4 Å². The zero-order chi connectivity index (χ0) is 23.0. The van der Waals surface area contributed by atoms with Gasteiger partial charge in [0.1, 0.15) is 23.4 Å². The number of rotatable bonds is 3. The minimum Gasteiger partial charge on any atom is -0.297 e. The first-order valence-electron chi connectivity index (χ1n) is 13.3. The van der Waals surface area contributed by atoms with E-state index in [2.05, 4.69) is 31.0 Å². The Morgan fingerprint density at radius 2 is 1.76 bits per heavy atom. The number of halogens is 1. The van der Waals surface area contributed by atoms with Gasteiger partial charge in [0, 0.05) is 12.0 Å². The summed E-state index contributed by atoms with van der Waals surface area (Å²) in [4.78, 5) is 15.0. The molecule has 178 valence electrons. The van der Waals surface area contributed by atoms with Gasteiger partial charge in [-0.1, -0.05) is 27.2 Å². The van der Waals surface area contributed by atoms with E-state index in [9.17, 15) is 9.18 Å². The van der Waals surface area contributed by atoms with Crippen LogP contribution >= 0.6 is 0 Å². The minimum atomic E-state index is -0.320. The third-order valence-corrected chi connectivity index (χ3v) is 11.0. The number of Topliss-reactive ketones (excluding diaryl/α,β-unsaturated/α-hetero) is 1. The van der Waals surface area contributed by atoms with E-state index in [4.69, 9.17) is 0 Å². The molecule has 1 aromatic carbocycles. The van der Waals surface area contributed by atoms with Crippen LogP contribution in [0.15, 0.2) is 18.2 Å². The van der Waals surface area contributed by atoms with Gasteiger partial charge in [-0.25, -0.2) is 4.39 Å². The molecule has 0 aliphatic heterocycles. The Hall–Kier alpha value is -1.78. The zero-order valence-corrected chi connectivity index (χ0v) is 20.4. The second kappa shape index (κ2) is 7.61. The molecule has 8 atom stereocenters. The molecule has 0 saturated heterocycles. The van der Waals surface area contributed by atoms with Crippen LogP contribution in [-0.4, -0.2) is 20.8 Å². The van der Waals surface area contributed by atoms with E-state index in [-0.39, 0.29) is 29.5 Å². The highest BCUT2D eigenvalue weighted by molar-refractivity contribution is 5.82. The fourth-order valence-corrected chi connectivity index (χ4v) is 9.25. The number of carbonyl (C=O) groups excluding carboxylic acids is 1. The van der Waals surface area contributed by atoms with E-state index in [1.807, 2.05) is 0 Å². The lowest BCUT2D eigenvalue weighted by Crippen LogP contribution is -2.53.